The maximum Gasteiger partial charge on any atom is 0.126 e. The first-order valence-corrected chi connectivity index (χ1v) is 2.17. The van der Waals surface area contributed by atoms with Gasteiger partial charge in [-0.3, -0.25) is 0 Å². The molecule has 0 saturated carbocycles. The molecule has 0 aromatic carbocycles. The van der Waals surface area contributed by atoms with Crippen molar-refractivity contribution in [1.29, 1.82) is 0 Å². The molecule has 0 rings (SSSR count). The largest absolute Gasteiger partial charge is 0.393 e. The Bertz CT molecular complexity index is 54.0. The predicted molar refractivity (Wildman–Crippen MR) is 26.8 cm³/mol. The van der Waals surface area contributed by atoms with Gasteiger partial charge in [-0.05, 0) is 6.42 Å². The lowest BCUT2D eigenvalue weighted by molar-refractivity contribution is 0.180. The second-order valence-electron chi connectivity index (χ2n) is 1.30. The second-order valence-corrected chi connectivity index (χ2v) is 1.30. The van der Waals surface area contributed by atoms with Crippen LogP contribution >= 0.6 is 0 Å². The monoisotopic (exact) mass is 104 g/mol. The third-order valence-corrected chi connectivity index (χ3v) is 0.621. The Morgan fingerprint density at radius 2 is 2.43 bits per heavy atom. The van der Waals surface area contributed by atoms with Gasteiger partial charge in [-0.1, -0.05) is 6.08 Å². The molecular weight excluding hydrogens is 95.1 g/mol. The summed E-state index contributed by atoms with van der Waals surface area (Å²) in [6.45, 7) is 2.90. The van der Waals surface area contributed by atoms with Crippen molar-refractivity contribution in [1.82, 2.24) is 0 Å². The summed E-state index contributed by atoms with van der Waals surface area (Å²) in [5.74, 6) is 0. The van der Waals surface area contributed by atoms with Gasteiger partial charge in [0.05, 0.1) is 6.61 Å². The second kappa shape index (κ2) is 3.81. The highest BCUT2D eigenvalue weighted by molar-refractivity contribution is 4.71. The Morgan fingerprint density at radius 1 is 1.86 bits per heavy atom. The molecule has 0 spiro atoms. The fourth-order valence-electron chi connectivity index (χ4n) is 0.255. The van der Waals surface area contributed by atoms with Gasteiger partial charge < -0.3 is 5.11 Å². The van der Waals surface area contributed by atoms with Crippen LogP contribution in [0, 0.1) is 0 Å². The van der Waals surface area contributed by atoms with Crippen molar-refractivity contribution in [2.24, 2.45) is 0 Å². The van der Waals surface area contributed by atoms with Gasteiger partial charge in [0.2, 0.25) is 0 Å². The van der Waals surface area contributed by atoms with Crippen molar-refractivity contribution in [2.75, 3.05) is 6.61 Å². The van der Waals surface area contributed by atoms with Gasteiger partial charge >= 0.3 is 0 Å². The van der Waals surface area contributed by atoms with E-state index < -0.39 is 12.8 Å². The molecule has 0 aliphatic rings. The normalized spacial score (nSPS) is 13.4. The number of halogens is 1. The zero-order valence-corrected chi connectivity index (χ0v) is 4.10. The van der Waals surface area contributed by atoms with Crippen LogP contribution in [0.1, 0.15) is 6.42 Å². The number of aliphatic hydroxyl groups is 1. The lowest BCUT2D eigenvalue weighted by atomic mass is 10.3. The van der Waals surface area contributed by atoms with Crippen LogP contribution in [0.4, 0.5) is 4.39 Å². The molecule has 1 nitrogen and oxygen atoms in total. The first-order chi connectivity index (χ1) is 3.31. The fraction of sp³-hybridized carbons (Fsp3) is 0.600. The van der Waals surface area contributed by atoms with E-state index in [1.54, 1.807) is 0 Å². The van der Waals surface area contributed by atoms with E-state index >= 15 is 0 Å². The number of alkyl halides is 1. The van der Waals surface area contributed by atoms with Crippen LogP contribution in [0.15, 0.2) is 12.7 Å². The Kier molecular flexibility index (Phi) is 3.61. The van der Waals surface area contributed by atoms with E-state index in [1.165, 1.54) is 6.08 Å². The van der Waals surface area contributed by atoms with Crippen LogP contribution in [0.3, 0.4) is 0 Å². The first kappa shape index (κ1) is 6.63. The van der Waals surface area contributed by atoms with Crippen molar-refractivity contribution in [3.63, 3.8) is 0 Å². The summed E-state index contributed by atoms with van der Waals surface area (Å²) < 4.78 is 11.8. The Hall–Kier alpha value is -0.370. The summed E-state index contributed by atoms with van der Waals surface area (Å²) in [7, 11) is 0. The highest BCUT2D eigenvalue weighted by Crippen LogP contribution is 1.94. The van der Waals surface area contributed by atoms with E-state index in [0.717, 1.165) is 0 Å². The summed E-state index contributed by atoms with van der Waals surface area (Å²) >= 11 is 0. The van der Waals surface area contributed by atoms with E-state index in [9.17, 15) is 4.39 Å². The molecule has 7 heavy (non-hydrogen) atoms. The van der Waals surface area contributed by atoms with Crippen LogP contribution < -0.4 is 0 Å². The number of allylic oxidation sites excluding steroid dienone is 1. The summed E-state index contributed by atoms with van der Waals surface area (Å²) in [5, 5.41) is 8.04. The minimum atomic E-state index is -1.11. The zero-order chi connectivity index (χ0) is 5.70. The van der Waals surface area contributed by atoms with Gasteiger partial charge in [0.1, 0.15) is 6.17 Å². The summed E-state index contributed by atoms with van der Waals surface area (Å²) in [5.41, 5.74) is 0. The molecule has 0 saturated heterocycles. The van der Waals surface area contributed by atoms with Gasteiger partial charge in [-0.25, -0.2) is 4.39 Å². The van der Waals surface area contributed by atoms with Gasteiger partial charge in [0, 0.05) is 0 Å². The predicted octanol–water partition coefficient (Wildman–Crippen LogP) is 0.893. The minimum absolute atomic E-state index is 0.247. The van der Waals surface area contributed by atoms with Crippen molar-refractivity contribution < 1.29 is 9.50 Å². The molecule has 0 amide bonds. The molecule has 1 N–H and O–H groups in total. The van der Waals surface area contributed by atoms with Crippen molar-refractivity contribution in [3.05, 3.63) is 12.7 Å². The highest BCUT2D eigenvalue weighted by Gasteiger charge is 1.97. The molecule has 0 heterocycles. The van der Waals surface area contributed by atoms with Crippen LogP contribution in [0.2, 0.25) is 0 Å². The van der Waals surface area contributed by atoms with Crippen LogP contribution in [-0.4, -0.2) is 17.9 Å². The van der Waals surface area contributed by atoms with E-state index in [-0.39, 0.29) is 6.42 Å². The van der Waals surface area contributed by atoms with E-state index in [4.69, 9.17) is 5.11 Å². The lowest BCUT2D eigenvalue weighted by Crippen LogP contribution is -2.02. The van der Waals surface area contributed by atoms with Gasteiger partial charge in [0.25, 0.3) is 0 Å². The average molecular weight is 104 g/mol. The Labute approximate surface area is 42.5 Å². The smallest absolute Gasteiger partial charge is 0.126 e. The lowest BCUT2D eigenvalue weighted by Gasteiger charge is -1.95. The maximum absolute atomic E-state index is 11.8. The average Bonchev–Trinajstić information content (AvgIpc) is 1.68. The minimum Gasteiger partial charge on any atom is -0.393 e. The molecule has 0 fully saturated rings. The number of rotatable bonds is 3. The standard InChI is InChI=1S/C5H9FO/c1-2-3-5(6)4-7/h2,5,7H,1,3-4H2. The summed E-state index contributed by atoms with van der Waals surface area (Å²) in [4.78, 5) is 0. The number of hydrogen-bond acceptors (Lipinski definition) is 1. The Morgan fingerprint density at radius 3 is 2.57 bits per heavy atom. The number of hydrogen-bond donors (Lipinski definition) is 1. The highest BCUT2D eigenvalue weighted by atomic mass is 19.1. The third-order valence-electron chi connectivity index (χ3n) is 0.621. The molecule has 42 valence electrons. The number of aliphatic hydroxyl groups excluding tert-OH is 1. The molecule has 0 aliphatic carbocycles. The van der Waals surface area contributed by atoms with Gasteiger partial charge in [0.15, 0.2) is 0 Å². The van der Waals surface area contributed by atoms with Gasteiger partial charge in [-0.15, -0.1) is 6.58 Å². The van der Waals surface area contributed by atoms with Crippen LogP contribution in [0.25, 0.3) is 0 Å². The molecule has 2 heteroatoms. The quantitative estimate of drug-likeness (QED) is 0.527. The van der Waals surface area contributed by atoms with E-state index in [0.29, 0.717) is 0 Å². The van der Waals surface area contributed by atoms with Crippen molar-refractivity contribution in [2.45, 2.75) is 12.6 Å². The molecule has 0 aliphatic heterocycles. The summed E-state index contributed by atoms with van der Waals surface area (Å²) in [6, 6.07) is 0. The topological polar surface area (TPSA) is 20.2 Å². The SMILES string of the molecule is C=CCC(F)CO. The van der Waals surface area contributed by atoms with E-state index in [1.807, 2.05) is 0 Å². The Balaban J connectivity index is 2.98. The first-order valence-electron chi connectivity index (χ1n) is 2.17. The zero-order valence-electron chi connectivity index (χ0n) is 4.10. The molecule has 0 radical (unpaired) electrons. The van der Waals surface area contributed by atoms with Crippen molar-refractivity contribution >= 4 is 0 Å². The third kappa shape index (κ3) is 3.46. The maximum atomic E-state index is 11.8. The molecule has 0 bridgehead atoms. The van der Waals surface area contributed by atoms with Crippen LogP contribution in [-0.2, 0) is 0 Å². The molecule has 1 unspecified atom stereocenters. The molecule has 1 atom stereocenters. The molecule has 0 aromatic heterocycles. The molecular formula is C5H9FO. The van der Waals surface area contributed by atoms with Gasteiger partial charge in [-0.2, -0.15) is 0 Å². The van der Waals surface area contributed by atoms with E-state index in [2.05, 4.69) is 6.58 Å². The van der Waals surface area contributed by atoms with Crippen LogP contribution in [0.5, 0.6) is 0 Å². The van der Waals surface area contributed by atoms with Crippen molar-refractivity contribution in [3.8, 4) is 0 Å². The molecule has 0 aromatic rings. The summed E-state index contributed by atoms with van der Waals surface area (Å²) in [6.07, 6.45) is 0.578. The fourth-order valence-corrected chi connectivity index (χ4v) is 0.255.